The van der Waals surface area contributed by atoms with E-state index in [9.17, 15) is 9.59 Å². The van der Waals surface area contributed by atoms with Gasteiger partial charge in [0.15, 0.2) is 0 Å². The number of nitrogens with one attached hydrogen (secondary N) is 1. The van der Waals surface area contributed by atoms with Crippen molar-refractivity contribution in [1.82, 2.24) is 10.2 Å². The molecule has 1 N–H and O–H groups in total. The SMILES string of the molecule is O=C(CCOc1cccc(Br)c1)NCCC(=O)N1CCN(c2ccccc2)CC1. The molecule has 0 aromatic heterocycles. The molecule has 6 nitrogen and oxygen atoms in total. The molecule has 29 heavy (non-hydrogen) atoms. The molecule has 3 rings (SSSR count). The van der Waals surface area contributed by atoms with E-state index in [2.05, 4.69) is 38.3 Å². The minimum atomic E-state index is -0.110. The largest absolute Gasteiger partial charge is 0.493 e. The topological polar surface area (TPSA) is 61.9 Å². The second kappa shape index (κ2) is 10.9. The third-order valence-corrected chi connectivity index (χ3v) is 5.30. The molecule has 154 valence electrons. The summed E-state index contributed by atoms with van der Waals surface area (Å²) in [4.78, 5) is 28.5. The average molecular weight is 460 g/mol. The number of para-hydroxylation sites is 1. The van der Waals surface area contributed by atoms with Gasteiger partial charge in [-0.15, -0.1) is 0 Å². The quantitative estimate of drug-likeness (QED) is 0.658. The van der Waals surface area contributed by atoms with Crippen molar-refractivity contribution in [3.63, 3.8) is 0 Å². The van der Waals surface area contributed by atoms with E-state index in [0.717, 1.165) is 23.3 Å². The van der Waals surface area contributed by atoms with E-state index in [1.54, 1.807) is 0 Å². The number of hydrogen-bond donors (Lipinski definition) is 1. The fraction of sp³-hybridized carbons (Fsp3) is 0.364. The molecule has 2 aromatic carbocycles. The number of nitrogens with zero attached hydrogens (tertiary/aromatic N) is 2. The minimum absolute atomic E-state index is 0.0865. The summed E-state index contributed by atoms with van der Waals surface area (Å²) in [6, 6.07) is 17.7. The van der Waals surface area contributed by atoms with Crippen LogP contribution in [-0.2, 0) is 9.59 Å². The molecule has 1 aliphatic rings. The number of piperazine rings is 1. The van der Waals surface area contributed by atoms with Gasteiger partial charge in [0.1, 0.15) is 5.75 Å². The Bertz CT molecular complexity index is 808. The smallest absolute Gasteiger partial charge is 0.224 e. The zero-order valence-corrected chi connectivity index (χ0v) is 17.9. The maximum Gasteiger partial charge on any atom is 0.224 e. The summed E-state index contributed by atoms with van der Waals surface area (Å²) in [5.41, 5.74) is 1.19. The molecular formula is C22H26BrN3O3. The van der Waals surface area contributed by atoms with Crippen molar-refractivity contribution in [1.29, 1.82) is 0 Å². The van der Waals surface area contributed by atoms with Gasteiger partial charge < -0.3 is 19.9 Å². The van der Waals surface area contributed by atoms with Crippen LogP contribution in [0.25, 0.3) is 0 Å². The number of halogens is 1. The molecule has 1 aliphatic heterocycles. The van der Waals surface area contributed by atoms with Gasteiger partial charge in [-0.2, -0.15) is 0 Å². The van der Waals surface area contributed by atoms with E-state index in [1.807, 2.05) is 47.4 Å². The average Bonchev–Trinajstić information content (AvgIpc) is 2.74. The Balaban J connectivity index is 1.29. The minimum Gasteiger partial charge on any atom is -0.493 e. The van der Waals surface area contributed by atoms with Gasteiger partial charge in [-0.1, -0.05) is 40.2 Å². The molecule has 7 heteroatoms. The van der Waals surface area contributed by atoms with Crippen LogP contribution in [-0.4, -0.2) is 56.0 Å². The molecule has 0 spiro atoms. The van der Waals surface area contributed by atoms with Crippen LogP contribution in [0.15, 0.2) is 59.1 Å². The lowest BCUT2D eigenvalue weighted by molar-refractivity contribution is -0.131. The number of benzene rings is 2. The summed E-state index contributed by atoms with van der Waals surface area (Å²) in [5.74, 6) is 0.696. The van der Waals surface area contributed by atoms with Crippen LogP contribution in [0.2, 0.25) is 0 Å². The number of anilines is 1. The molecule has 2 amide bonds. The Morgan fingerprint density at radius 2 is 1.72 bits per heavy atom. The normalized spacial score (nSPS) is 13.8. The second-order valence-electron chi connectivity index (χ2n) is 6.86. The summed E-state index contributed by atoms with van der Waals surface area (Å²) in [6.45, 7) is 3.74. The predicted octanol–water partition coefficient (Wildman–Crippen LogP) is 3.07. The first-order valence-corrected chi connectivity index (χ1v) is 10.6. The van der Waals surface area contributed by atoms with Crippen LogP contribution in [0.5, 0.6) is 5.75 Å². The third-order valence-electron chi connectivity index (χ3n) is 4.81. The molecule has 1 saturated heterocycles. The van der Waals surface area contributed by atoms with E-state index >= 15 is 0 Å². The number of hydrogen-bond acceptors (Lipinski definition) is 4. The Labute approximate surface area is 180 Å². The van der Waals surface area contributed by atoms with E-state index < -0.39 is 0 Å². The van der Waals surface area contributed by atoms with Crippen molar-refractivity contribution in [2.45, 2.75) is 12.8 Å². The zero-order chi connectivity index (χ0) is 20.5. The summed E-state index contributed by atoms with van der Waals surface area (Å²) in [6.07, 6.45) is 0.583. The lowest BCUT2D eigenvalue weighted by Gasteiger charge is -2.36. The van der Waals surface area contributed by atoms with Crippen molar-refractivity contribution in [3.8, 4) is 5.75 Å². The summed E-state index contributed by atoms with van der Waals surface area (Å²) in [5, 5.41) is 2.80. The Kier molecular flexibility index (Phi) is 7.93. The first kappa shape index (κ1) is 21.2. The van der Waals surface area contributed by atoms with Crippen LogP contribution in [0.1, 0.15) is 12.8 Å². The van der Waals surface area contributed by atoms with Crippen LogP contribution >= 0.6 is 15.9 Å². The van der Waals surface area contributed by atoms with Gasteiger partial charge in [-0.3, -0.25) is 9.59 Å². The number of carbonyl (C=O) groups is 2. The van der Waals surface area contributed by atoms with Gasteiger partial charge in [0, 0.05) is 49.3 Å². The Morgan fingerprint density at radius 1 is 0.966 bits per heavy atom. The fourth-order valence-corrected chi connectivity index (χ4v) is 3.60. The van der Waals surface area contributed by atoms with Crippen molar-refractivity contribution in [3.05, 3.63) is 59.1 Å². The molecule has 1 fully saturated rings. The lowest BCUT2D eigenvalue weighted by Crippen LogP contribution is -2.49. The molecule has 0 radical (unpaired) electrons. The maximum absolute atomic E-state index is 12.4. The van der Waals surface area contributed by atoms with E-state index in [0.29, 0.717) is 32.7 Å². The number of ether oxygens (including phenoxy) is 1. The highest BCUT2D eigenvalue weighted by molar-refractivity contribution is 9.10. The highest BCUT2D eigenvalue weighted by Gasteiger charge is 2.20. The van der Waals surface area contributed by atoms with Gasteiger partial charge in [0.2, 0.25) is 11.8 Å². The molecule has 1 heterocycles. The highest BCUT2D eigenvalue weighted by Crippen LogP contribution is 2.18. The van der Waals surface area contributed by atoms with E-state index in [1.165, 1.54) is 5.69 Å². The van der Waals surface area contributed by atoms with Gasteiger partial charge in [-0.05, 0) is 30.3 Å². The van der Waals surface area contributed by atoms with Crippen LogP contribution in [0, 0.1) is 0 Å². The molecular weight excluding hydrogens is 434 g/mol. The number of rotatable bonds is 8. The molecule has 0 bridgehead atoms. The predicted molar refractivity (Wildman–Crippen MR) is 117 cm³/mol. The van der Waals surface area contributed by atoms with Crippen LogP contribution < -0.4 is 15.0 Å². The van der Waals surface area contributed by atoms with Crippen LogP contribution in [0.3, 0.4) is 0 Å². The highest BCUT2D eigenvalue weighted by atomic mass is 79.9. The maximum atomic E-state index is 12.4. The monoisotopic (exact) mass is 459 g/mol. The van der Waals surface area contributed by atoms with Gasteiger partial charge in [-0.25, -0.2) is 0 Å². The standard InChI is InChI=1S/C22H26BrN3O3/c23-18-5-4-8-20(17-18)29-16-10-21(27)24-11-9-22(28)26-14-12-25(13-15-26)19-6-2-1-3-7-19/h1-8,17H,9-16H2,(H,24,27). The molecule has 2 aromatic rings. The van der Waals surface area contributed by atoms with Gasteiger partial charge in [0.25, 0.3) is 0 Å². The van der Waals surface area contributed by atoms with Crippen molar-refractivity contribution in [2.75, 3.05) is 44.2 Å². The zero-order valence-electron chi connectivity index (χ0n) is 16.4. The molecule has 0 aliphatic carbocycles. The third kappa shape index (κ3) is 6.78. The van der Waals surface area contributed by atoms with Gasteiger partial charge in [0.05, 0.1) is 13.0 Å². The number of amides is 2. The fourth-order valence-electron chi connectivity index (χ4n) is 3.23. The van der Waals surface area contributed by atoms with Crippen molar-refractivity contribution in [2.24, 2.45) is 0 Å². The van der Waals surface area contributed by atoms with Gasteiger partial charge >= 0.3 is 0 Å². The molecule has 0 unspecified atom stereocenters. The number of carbonyl (C=O) groups excluding carboxylic acids is 2. The lowest BCUT2D eigenvalue weighted by atomic mass is 10.2. The molecule has 0 atom stereocenters. The molecule has 0 saturated carbocycles. The van der Waals surface area contributed by atoms with Crippen molar-refractivity contribution < 1.29 is 14.3 Å². The Hall–Kier alpha value is -2.54. The Morgan fingerprint density at radius 3 is 2.45 bits per heavy atom. The summed E-state index contributed by atoms with van der Waals surface area (Å²) < 4.78 is 6.49. The summed E-state index contributed by atoms with van der Waals surface area (Å²) >= 11 is 3.38. The summed E-state index contributed by atoms with van der Waals surface area (Å²) in [7, 11) is 0. The first-order chi connectivity index (χ1) is 14.1. The second-order valence-corrected chi connectivity index (χ2v) is 7.77. The van der Waals surface area contributed by atoms with E-state index in [-0.39, 0.29) is 18.2 Å². The first-order valence-electron chi connectivity index (χ1n) is 9.84. The van der Waals surface area contributed by atoms with E-state index in [4.69, 9.17) is 4.74 Å². The van der Waals surface area contributed by atoms with Crippen LogP contribution in [0.4, 0.5) is 5.69 Å². The van der Waals surface area contributed by atoms with Crippen molar-refractivity contribution >= 4 is 33.4 Å².